The maximum absolute atomic E-state index is 11.9. The van der Waals surface area contributed by atoms with Gasteiger partial charge >= 0.3 is 5.97 Å². The summed E-state index contributed by atoms with van der Waals surface area (Å²) in [4.78, 5) is 21.0. The minimum Gasteiger partial charge on any atom is -0.479 e. The number of carbonyl (C=O) groups excluding carboxylic acids is 1. The van der Waals surface area contributed by atoms with Crippen molar-refractivity contribution < 1.29 is 14.3 Å². The van der Waals surface area contributed by atoms with Crippen LogP contribution in [0.5, 0.6) is 5.88 Å². The van der Waals surface area contributed by atoms with Crippen LogP contribution in [0.25, 0.3) is 27.9 Å². The van der Waals surface area contributed by atoms with E-state index in [4.69, 9.17) is 9.47 Å². The van der Waals surface area contributed by atoms with Gasteiger partial charge in [0.05, 0.1) is 31.7 Å². The largest absolute Gasteiger partial charge is 0.479 e. The summed E-state index contributed by atoms with van der Waals surface area (Å²) in [6, 6.07) is 10.5. The molecule has 0 atom stereocenters. The molecule has 168 valence electrons. The lowest BCUT2D eigenvalue weighted by atomic mass is 10.2. The molecule has 0 radical (unpaired) electrons. The number of nitrogens with zero attached hydrogens (tertiary/aromatic N) is 7. The summed E-state index contributed by atoms with van der Waals surface area (Å²) in [5, 5.41) is 9.92. The van der Waals surface area contributed by atoms with Crippen molar-refractivity contribution in [1.29, 1.82) is 0 Å². The topological polar surface area (TPSA) is 102 Å². The molecule has 5 aromatic rings. The van der Waals surface area contributed by atoms with Crippen LogP contribution in [0.4, 0.5) is 0 Å². The maximum atomic E-state index is 11.9. The minimum absolute atomic E-state index is 0.285. The molecule has 0 aliphatic heterocycles. The van der Waals surface area contributed by atoms with Gasteiger partial charge in [0, 0.05) is 31.0 Å². The molecular weight excluding hydrogens is 422 g/mol. The third kappa shape index (κ3) is 3.91. The fourth-order valence-electron chi connectivity index (χ4n) is 3.85. The fourth-order valence-corrected chi connectivity index (χ4v) is 3.85. The molecule has 0 N–H and O–H groups in total. The van der Waals surface area contributed by atoms with Gasteiger partial charge in [-0.25, -0.2) is 14.5 Å². The number of esters is 1. The van der Waals surface area contributed by atoms with Gasteiger partial charge in [-0.2, -0.15) is 15.2 Å². The quantitative estimate of drug-likeness (QED) is 0.338. The Morgan fingerprint density at radius 2 is 1.94 bits per heavy atom. The predicted molar refractivity (Wildman–Crippen MR) is 122 cm³/mol. The average molecular weight is 445 g/mol. The molecule has 0 saturated carbocycles. The van der Waals surface area contributed by atoms with Crippen LogP contribution in [0, 0.1) is 0 Å². The molecule has 0 spiro atoms. The summed E-state index contributed by atoms with van der Waals surface area (Å²) in [5.74, 6) is 0.237. The second-order valence-electron chi connectivity index (χ2n) is 7.45. The second-order valence-corrected chi connectivity index (χ2v) is 7.45. The van der Waals surface area contributed by atoms with E-state index < -0.39 is 5.97 Å². The van der Waals surface area contributed by atoms with E-state index in [1.165, 1.54) is 28.0 Å². The Bertz CT molecular complexity index is 1430. The smallest absolute Gasteiger partial charge is 0.341 e. The first-order chi connectivity index (χ1) is 16.2. The van der Waals surface area contributed by atoms with Crippen molar-refractivity contribution in [2.24, 2.45) is 0 Å². The highest BCUT2D eigenvalue weighted by Gasteiger charge is 2.17. The highest BCUT2D eigenvalue weighted by molar-refractivity contribution is 5.89. The highest BCUT2D eigenvalue weighted by atomic mass is 16.5. The normalized spacial score (nSPS) is 11.3. The van der Waals surface area contributed by atoms with Crippen molar-refractivity contribution in [2.75, 3.05) is 13.7 Å². The van der Waals surface area contributed by atoms with Crippen LogP contribution in [-0.2, 0) is 17.8 Å². The van der Waals surface area contributed by atoms with Crippen molar-refractivity contribution in [2.45, 2.75) is 26.4 Å². The second kappa shape index (κ2) is 8.73. The van der Waals surface area contributed by atoms with Crippen molar-refractivity contribution in [3.63, 3.8) is 0 Å². The zero-order valence-corrected chi connectivity index (χ0v) is 18.4. The highest BCUT2D eigenvalue weighted by Crippen LogP contribution is 2.24. The van der Waals surface area contributed by atoms with E-state index in [2.05, 4.69) is 55.2 Å². The van der Waals surface area contributed by atoms with Gasteiger partial charge in [0.1, 0.15) is 11.0 Å². The molecule has 4 heterocycles. The number of aromatic nitrogens is 7. The van der Waals surface area contributed by atoms with Crippen LogP contribution in [0.2, 0.25) is 0 Å². The maximum Gasteiger partial charge on any atom is 0.341 e. The Morgan fingerprint density at radius 1 is 1.06 bits per heavy atom. The van der Waals surface area contributed by atoms with Crippen LogP contribution in [-0.4, -0.2) is 53.8 Å². The van der Waals surface area contributed by atoms with Crippen LogP contribution in [0.1, 0.15) is 23.7 Å². The number of ether oxygens (including phenoxy) is 2. The lowest BCUT2D eigenvalue weighted by Gasteiger charge is -2.09. The van der Waals surface area contributed by atoms with Crippen LogP contribution in [0.15, 0.2) is 55.1 Å². The molecule has 5 rings (SSSR count). The van der Waals surface area contributed by atoms with Crippen molar-refractivity contribution in [1.82, 2.24) is 34.1 Å². The standard InChI is InChI=1S/C23H23N7O3/c1-3-33-22(31)17-13-24-30(15-17)23-26-18-14-25-29(20(18)21(27-23)32-2)11-6-10-28-12-9-16-7-4-5-8-19(16)28/h4-5,7-9,12-15H,3,6,10-11H2,1-2H3. The van der Waals surface area contributed by atoms with Gasteiger partial charge in [-0.3, -0.25) is 4.68 Å². The number of hydrogen-bond donors (Lipinski definition) is 0. The molecule has 0 aliphatic rings. The minimum atomic E-state index is -0.444. The molecule has 33 heavy (non-hydrogen) atoms. The first-order valence-electron chi connectivity index (χ1n) is 10.7. The zero-order chi connectivity index (χ0) is 22.8. The van der Waals surface area contributed by atoms with E-state index in [9.17, 15) is 4.79 Å². The van der Waals surface area contributed by atoms with Gasteiger partial charge < -0.3 is 14.0 Å². The number of methoxy groups -OCH3 is 1. The van der Waals surface area contributed by atoms with E-state index in [-0.39, 0.29) is 5.95 Å². The first kappa shape index (κ1) is 20.7. The van der Waals surface area contributed by atoms with Crippen LogP contribution in [0.3, 0.4) is 0 Å². The fraction of sp³-hybridized carbons (Fsp3) is 0.261. The molecule has 4 aromatic heterocycles. The number of benzene rings is 1. The van der Waals surface area contributed by atoms with Gasteiger partial charge in [0.15, 0.2) is 0 Å². The molecule has 10 nitrogen and oxygen atoms in total. The summed E-state index contributed by atoms with van der Waals surface area (Å²) in [5.41, 5.74) is 2.90. The van der Waals surface area contributed by atoms with E-state index in [1.807, 2.05) is 10.7 Å². The molecule has 0 amide bonds. The van der Waals surface area contributed by atoms with E-state index >= 15 is 0 Å². The summed E-state index contributed by atoms with van der Waals surface area (Å²) < 4.78 is 16.1. The molecule has 0 bridgehead atoms. The lowest BCUT2D eigenvalue weighted by Crippen LogP contribution is -2.08. The van der Waals surface area contributed by atoms with Crippen molar-refractivity contribution >= 4 is 27.9 Å². The van der Waals surface area contributed by atoms with E-state index in [0.29, 0.717) is 30.1 Å². The van der Waals surface area contributed by atoms with Gasteiger partial charge in [0.25, 0.3) is 5.95 Å². The summed E-state index contributed by atoms with van der Waals surface area (Å²) in [7, 11) is 1.56. The summed E-state index contributed by atoms with van der Waals surface area (Å²) in [6.45, 7) is 3.59. The number of aryl methyl sites for hydroxylation is 2. The van der Waals surface area contributed by atoms with Crippen molar-refractivity contribution in [3.05, 3.63) is 60.7 Å². The third-order valence-electron chi connectivity index (χ3n) is 5.39. The Balaban J connectivity index is 1.37. The Morgan fingerprint density at radius 3 is 2.79 bits per heavy atom. The number of para-hydroxylation sites is 1. The summed E-state index contributed by atoms with van der Waals surface area (Å²) in [6.07, 6.45) is 7.62. The molecule has 0 saturated heterocycles. The molecule has 0 unspecified atom stereocenters. The lowest BCUT2D eigenvalue weighted by molar-refractivity contribution is 0.0526. The molecule has 10 heteroatoms. The van der Waals surface area contributed by atoms with E-state index in [0.717, 1.165) is 18.5 Å². The van der Waals surface area contributed by atoms with Crippen LogP contribution >= 0.6 is 0 Å². The number of fused-ring (bicyclic) bond motifs is 2. The number of rotatable bonds is 8. The zero-order valence-electron chi connectivity index (χ0n) is 18.4. The van der Waals surface area contributed by atoms with Crippen LogP contribution < -0.4 is 4.74 Å². The number of hydrogen-bond acceptors (Lipinski definition) is 7. The Labute approximate surface area is 189 Å². The SMILES string of the molecule is CCOC(=O)c1cnn(-c2nc(OC)c3c(cnn3CCCn3ccc4ccccc43)n2)c1. The monoisotopic (exact) mass is 445 g/mol. The third-order valence-corrected chi connectivity index (χ3v) is 5.39. The van der Waals surface area contributed by atoms with Gasteiger partial charge in [-0.1, -0.05) is 18.2 Å². The molecular formula is C23H23N7O3. The summed E-state index contributed by atoms with van der Waals surface area (Å²) >= 11 is 0. The molecule has 1 aromatic carbocycles. The first-order valence-corrected chi connectivity index (χ1v) is 10.7. The number of carbonyl (C=O) groups is 1. The Kier molecular flexibility index (Phi) is 5.47. The Hall–Kier alpha value is -4.21. The molecule has 0 fully saturated rings. The average Bonchev–Trinajstić information content (AvgIpc) is 3.58. The van der Waals surface area contributed by atoms with Gasteiger partial charge in [-0.15, -0.1) is 0 Å². The van der Waals surface area contributed by atoms with E-state index in [1.54, 1.807) is 20.2 Å². The molecule has 0 aliphatic carbocycles. The van der Waals surface area contributed by atoms with Gasteiger partial charge in [0.2, 0.25) is 5.88 Å². The van der Waals surface area contributed by atoms with Crippen molar-refractivity contribution in [3.8, 4) is 11.8 Å². The predicted octanol–water partition coefficient (Wildman–Crippen LogP) is 3.24. The van der Waals surface area contributed by atoms with Gasteiger partial charge in [-0.05, 0) is 30.9 Å².